The third kappa shape index (κ3) is 5.86. The lowest BCUT2D eigenvalue weighted by molar-refractivity contribution is 0.0752. The van der Waals surface area contributed by atoms with Gasteiger partial charge in [0.1, 0.15) is 6.73 Å². The van der Waals surface area contributed by atoms with Crippen molar-refractivity contribution in [1.82, 2.24) is 4.31 Å². The van der Waals surface area contributed by atoms with E-state index in [0.717, 1.165) is 6.04 Å². The van der Waals surface area contributed by atoms with Crippen LogP contribution in [0.3, 0.4) is 0 Å². The maximum atomic E-state index is 12.4. The minimum atomic E-state index is -4.12. The van der Waals surface area contributed by atoms with Gasteiger partial charge in [-0.05, 0) is 46.8 Å². The Morgan fingerprint density at radius 2 is 2.00 bits per heavy atom. The van der Waals surface area contributed by atoms with Crippen LogP contribution in [0.1, 0.15) is 0 Å². The molecule has 1 aromatic carbocycles. The van der Waals surface area contributed by atoms with Gasteiger partial charge >= 0.3 is 6.09 Å². The largest absolute Gasteiger partial charge is 0.464 e. The zero-order valence-electron chi connectivity index (χ0n) is 12.7. The Morgan fingerprint density at radius 3 is 2.50 bits per heavy atom. The van der Waals surface area contributed by atoms with Crippen LogP contribution in [-0.4, -0.2) is 45.3 Å². The molecule has 0 atom stereocenters. The average molecular weight is 457 g/mol. The van der Waals surface area contributed by atoms with E-state index in [-0.39, 0.29) is 4.90 Å². The Labute approximate surface area is 145 Å². The van der Waals surface area contributed by atoms with Crippen LogP contribution in [0.15, 0.2) is 29.2 Å². The zero-order chi connectivity index (χ0) is 17.0. The molecular formula is C13H20INO5SSi. The van der Waals surface area contributed by atoms with Crippen LogP contribution >= 0.6 is 22.6 Å². The standard InChI is InChI=1S/C13H20INO5SSi/c1-22(2,3)8-7-20-10-15(13(16)17)21(18,19)12-6-4-5-11(14)9-12/h4-6,9H,7-8,10H2,1-3H3,(H,16,17). The SMILES string of the molecule is C[Si](C)(C)CCOCN(C(=O)O)S(=O)(=O)c1cccc(I)c1. The minimum absolute atomic E-state index is 0.0596. The Kier molecular flexibility index (Phi) is 6.83. The number of nitrogens with zero attached hydrogens (tertiary/aromatic N) is 1. The lowest BCUT2D eigenvalue weighted by atomic mass is 10.4. The normalized spacial score (nSPS) is 12.2. The van der Waals surface area contributed by atoms with Crippen LogP contribution in [-0.2, 0) is 14.8 Å². The number of hydrogen-bond donors (Lipinski definition) is 1. The second-order valence-electron chi connectivity index (χ2n) is 5.94. The number of amides is 1. The number of ether oxygens (including phenoxy) is 1. The van der Waals surface area contributed by atoms with E-state index >= 15 is 0 Å². The molecule has 0 saturated heterocycles. The number of halogens is 1. The Bertz CT molecular complexity index is 630. The van der Waals surface area contributed by atoms with Gasteiger partial charge in [0, 0.05) is 18.3 Å². The van der Waals surface area contributed by atoms with Crippen LogP contribution in [0.5, 0.6) is 0 Å². The second-order valence-corrected chi connectivity index (χ2v) is 14.7. The van der Waals surface area contributed by atoms with Gasteiger partial charge in [0.25, 0.3) is 10.0 Å². The van der Waals surface area contributed by atoms with Crippen molar-refractivity contribution in [3.63, 3.8) is 0 Å². The van der Waals surface area contributed by atoms with Gasteiger partial charge in [-0.2, -0.15) is 4.31 Å². The van der Waals surface area contributed by atoms with Gasteiger partial charge in [0.2, 0.25) is 0 Å². The Balaban J connectivity index is 2.84. The minimum Gasteiger partial charge on any atom is -0.464 e. The molecule has 1 N–H and O–H groups in total. The molecule has 0 aliphatic heterocycles. The van der Waals surface area contributed by atoms with Crippen LogP contribution in [0.2, 0.25) is 25.7 Å². The quantitative estimate of drug-likeness (QED) is 0.294. The Morgan fingerprint density at radius 1 is 1.36 bits per heavy atom. The number of carbonyl (C=O) groups is 1. The van der Waals surface area contributed by atoms with Gasteiger partial charge < -0.3 is 9.84 Å². The molecule has 9 heteroatoms. The molecule has 0 bridgehead atoms. The smallest absolute Gasteiger partial charge is 0.423 e. The first-order valence-electron chi connectivity index (χ1n) is 6.63. The van der Waals surface area contributed by atoms with Crippen LogP contribution in [0.4, 0.5) is 4.79 Å². The summed E-state index contributed by atoms with van der Waals surface area (Å²) in [6.45, 7) is 6.34. The van der Waals surface area contributed by atoms with Crippen molar-refractivity contribution >= 4 is 46.8 Å². The molecular weight excluding hydrogens is 437 g/mol. The van der Waals surface area contributed by atoms with E-state index in [4.69, 9.17) is 4.74 Å². The van der Waals surface area contributed by atoms with Gasteiger partial charge in [-0.1, -0.05) is 25.7 Å². The first-order chi connectivity index (χ1) is 10.0. The molecule has 22 heavy (non-hydrogen) atoms. The van der Waals surface area contributed by atoms with Gasteiger partial charge in [0.15, 0.2) is 0 Å². The van der Waals surface area contributed by atoms with Gasteiger partial charge in [-0.15, -0.1) is 0 Å². The highest BCUT2D eigenvalue weighted by Gasteiger charge is 2.29. The van der Waals surface area contributed by atoms with Crippen molar-refractivity contribution < 1.29 is 23.1 Å². The summed E-state index contributed by atoms with van der Waals surface area (Å²) in [5.41, 5.74) is 0. The highest BCUT2D eigenvalue weighted by molar-refractivity contribution is 14.1. The molecule has 124 valence electrons. The zero-order valence-corrected chi connectivity index (χ0v) is 16.7. The van der Waals surface area contributed by atoms with E-state index in [1.54, 1.807) is 12.1 Å². The summed E-state index contributed by atoms with van der Waals surface area (Å²) < 4.78 is 31.1. The molecule has 1 aromatic rings. The van der Waals surface area contributed by atoms with Gasteiger partial charge in [-0.3, -0.25) is 0 Å². The number of sulfonamides is 1. The van der Waals surface area contributed by atoms with Crippen molar-refractivity contribution in [3.8, 4) is 0 Å². The fourth-order valence-electron chi connectivity index (χ4n) is 1.51. The Hall–Kier alpha value is -0.653. The van der Waals surface area contributed by atoms with Crippen LogP contribution < -0.4 is 0 Å². The number of benzene rings is 1. The summed E-state index contributed by atoms with van der Waals surface area (Å²) in [7, 11) is -5.44. The van der Waals surface area contributed by atoms with E-state index < -0.39 is 30.9 Å². The van der Waals surface area contributed by atoms with Crippen LogP contribution in [0, 0.1) is 3.57 Å². The fourth-order valence-corrected chi connectivity index (χ4v) is 4.22. The number of rotatable bonds is 7. The molecule has 0 unspecified atom stereocenters. The summed E-state index contributed by atoms with van der Waals surface area (Å²) in [5.74, 6) is 0. The van der Waals surface area contributed by atoms with E-state index in [1.807, 2.05) is 22.6 Å². The van der Waals surface area contributed by atoms with Crippen molar-refractivity contribution in [2.45, 2.75) is 30.6 Å². The maximum absolute atomic E-state index is 12.4. The van der Waals surface area contributed by atoms with E-state index in [2.05, 4.69) is 19.6 Å². The van der Waals surface area contributed by atoms with Crippen molar-refractivity contribution in [2.24, 2.45) is 0 Å². The molecule has 1 amide bonds. The van der Waals surface area contributed by atoms with Crippen molar-refractivity contribution in [2.75, 3.05) is 13.3 Å². The molecule has 1 rings (SSSR count). The topological polar surface area (TPSA) is 83.9 Å². The predicted molar refractivity (Wildman–Crippen MR) is 95.2 cm³/mol. The highest BCUT2D eigenvalue weighted by Crippen LogP contribution is 2.18. The number of hydrogen-bond acceptors (Lipinski definition) is 4. The average Bonchev–Trinajstić information content (AvgIpc) is 2.36. The van der Waals surface area contributed by atoms with Crippen molar-refractivity contribution in [3.05, 3.63) is 27.8 Å². The van der Waals surface area contributed by atoms with E-state index in [0.29, 0.717) is 14.5 Å². The third-order valence-corrected chi connectivity index (χ3v) is 6.87. The monoisotopic (exact) mass is 457 g/mol. The highest BCUT2D eigenvalue weighted by atomic mass is 127. The number of carboxylic acid groups (broad SMARTS) is 1. The first kappa shape index (κ1) is 19.4. The molecule has 0 heterocycles. The summed E-state index contributed by atoms with van der Waals surface area (Å²) in [4.78, 5) is 11.2. The summed E-state index contributed by atoms with van der Waals surface area (Å²) >= 11 is 1.97. The molecule has 0 saturated carbocycles. The van der Waals surface area contributed by atoms with Crippen molar-refractivity contribution in [1.29, 1.82) is 0 Å². The fraction of sp³-hybridized carbons (Fsp3) is 0.462. The van der Waals surface area contributed by atoms with Gasteiger partial charge in [-0.25, -0.2) is 13.2 Å². The lowest BCUT2D eigenvalue weighted by Crippen LogP contribution is -2.38. The summed E-state index contributed by atoms with van der Waals surface area (Å²) in [6.07, 6.45) is -1.55. The molecule has 0 aliphatic carbocycles. The third-order valence-electron chi connectivity index (χ3n) is 2.80. The molecule has 0 fully saturated rings. The summed E-state index contributed by atoms with van der Waals surface area (Å²) in [6, 6.07) is 6.93. The van der Waals surface area contributed by atoms with Gasteiger partial charge in [0.05, 0.1) is 4.90 Å². The maximum Gasteiger partial charge on any atom is 0.423 e. The lowest BCUT2D eigenvalue weighted by Gasteiger charge is -2.21. The molecule has 0 aromatic heterocycles. The molecule has 0 aliphatic rings. The molecule has 6 nitrogen and oxygen atoms in total. The predicted octanol–water partition coefficient (Wildman–Crippen LogP) is 3.27. The molecule has 0 spiro atoms. The van der Waals surface area contributed by atoms with Crippen LogP contribution in [0.25, 0.3) is 0 Å². The molecule has 0 radical (unpaired) electrons. The first-order valence-corrected chi connectivity index (χ1v) is 12.9. The summed E-state index contributed by atoms with van der Waals surface area (Å²) in [5, 5.41) is 9.17. The van der Waals surface area contributed by atoms with E-state index in [1.165, 1.54) is 12.1 Å². The second kappa shape index (κ2) is 7.75. The van der Waals surface area contributed by atoms with E-state index in [9.17, 15) is 18.3 Å².